The van der Waals surface area contributed by atoms with Crippen LogP contribution in [0.4, 0.5) is 13.2 Å². The molecule has 0 spiro atoms. The standard InChI is InChI=1S/C17H22F3NO/c1-2-3-9-21(12-17(18,19)20)16(22)11-13-7-8-14-5-4-6-15(14)10-13/h7-8,10H,2-6,9,11-12H2,1H3. The van der Waals surface area contributed by atoms with Crippen molar-refractivity contribution in [3.8, 4) is 0 Å². The molecule has 0 atom stereocenters. The number of hydrogen-bond acceptors (Lipinski definition) is 1. The smallest absolute Gasteiger partial charge is 0.333 e. The Balaban J connectivity index is 2.03. The van der Waals surface area contributed by atoms with Gasteiger partial charge in [-0.2, -0.15) is 13.2 Å². The Morgan fingerprint density at radius 2 is 1.95 bits per heavy atom. The average molecular weight is 313 g/mol. The predicted molar refractivity (Wildman–Crippen MR) is 79.7 cm³/mol. The summed E-state index contributed by atoms with van der Waals surface area (Å²) in [7, 11) is 0. The van der Waals surface area contributed by atoms with Crippen molar-refractivity contribution < 1.29 is 18.0 Å². The molecule has 0 fully saturated rings. The topological polar surface area (TPSA) is 20.3 Å². The molecule has 1 aromatic rings. The van der Waals surface area contributed by atoms with Crippen LogP contribution in [0, 0.1) is 0 Å². The number of nitrogens with zero attached hydrogens (tertiary/aromatic N) is 1. The Hall–Kier alpha value is -1.52. The van der Waals surface area contributed by atoms with Crippen molar-refractivity contribution >= 4 is 5.91 Å². The summed E-state index contributed by atoms with van der Waals surface area (Å²) in [5.41, 5.74) is 3.35. The summed E-state index contributed by atoms with van der Waals surface area (Å²) in [6.45, 7) is 0.910. The first-order valence-electron chi connectivity index (χ1n) is 7.84. The van der Waals surface area contributed by atoms with Crippen molar-refractivity contribution in [2.24, 2.45) is 0 Å². The summed E-state index contributed by atoms with van der Waals surface area (Å²) in [4.78, 5) is 13.2. The molecule has 1 aliphatic rings. The molecule has 1 amide bonds. The Bertz CT molecular complexity index is 525. The normalized spacial score (nSPS) is 14.0. The zero-order chi connectivity index (χ0) is 16.2. The van der Waals surface area contributed by atoms with Crippen molar-refractivity contribution in [3.05, 3.63) is 34.9 Å². The maximum Gasteiger partial charge on any atom is 0.406 e. The van der Waals surface area contributed by atoms with Gasteiger partial charge in [-0.15, -0.1) is 0 Å². The lowest BCUT2D eigenvalue weighted by atomic mass is 10.0. The van der Waals surface area contributed by atoms with E-state index in [0.717, 1.165) is 36.1 Å². The van der Waals surface area contributed by atoms with E-state index in [-0.39, 0.29) is 13.0 Å². The van der Waals surface area contributed by atoms with Gasteiger partial charge in [-0.05, 0) is 42.4 Å². The summed E-state index contributed by atoms with van der Waals surface area (Å²) in [6, 6.07) is 5.85. The largest absolute Gasteiger partial charge is 0.406 e. The van der Waals surface area contributed by atoms with Crippen molar-refractivity contribution in [2.45, 2.75) is 51.6 Å². The molecular weight excluding hydrogens is 291 g/mol. The monoisotopic (exact) mass is 313 g/mol. The molecule has 0 saturated heterocycles. The Labute approximate surface area is 129 Å². The van der Waals surface area contributed by atoms with Gasteiger partial charge in [-0.3, -0.25) is 4.79 Å². The molecule has 122 valence electrons. The molecule has 1 aliphatic carbocycles. The van der Waals surface area contributed by atoms with E-state index in [1.807, 2.05) is 25.1 Å². The number of hydrogen-bond donors (Lipinski definition) is 0. The van der Waals surface area contributed by atoms with Crippen molar-refractivity contribution in [2.75, 3.05) is 13.1 Å². The highest BCUT2D eigenvalue weighted by molar-refractivity contribution is 5.79. The molecule has 0 radical (unpaired) electrons. The van der Waals surface area contributed by atoms with E-state index < -0.39 is 18.6 Å². The quantitative estimate of drug-likeness (QED) is 0.780. The average Bonchev–Trinajstić information content (AvgIpc) is 2.89. The predicted octanol–water partition coefficient (Wildman–Crippen LogP) is 3.91. The number of alkyl halides is 3. The van der Waals surface area contributed by atoms with E-state index in [4.69, 9.17) is 0 Å². The van der Waals surface area contributed by atoms with Crippen LogP contribution in [0.2, 0.25) is 0 Å². The zero-order valence-electron chi connectivity index (χ0n) is 12.9. The number of fused-ring (bicyclic) bond motifs is 1. The molecule has 2 nitrogen and oxygen atoms in total. The van der Waals surface area contributed by atoms with Crippen molar-refractivity contribution in [3.63, 3.8) is 0 Å². The van der Waals surface area contributed by atoms with Crippen LogP contribution >= 0.6 is 0 Å². The lowest BCUT2D eigenvalue weighted by Gasteiger charge is -2.24. The van der Waals surface area contributed by atoms with E-state index in [1.165, 1.54) is 11.1 Å². The van der Waals surface area contributed by atoms with Crippen LogP contribution in [0.1, 0.15) is 42.9 Å². The molecule has 0 N–H and O–H groups in total. The number of unbranched alkanes of at least 4 members (excludes halogenated alkanes) is 1. The molecule has 1 aromatic carbocycles. The lowest BCUT2D eigenvalue weighted by molar-refractivity contribution is -0.160. The van der Waals surface area contributed by atoms with Gasteiger partial charge in [0.2, 0.25) is 5.91 Å². The third-order valence-electron chi connectivity index (χ3n) is 4.02. The minimum absolute atomic E-state index is 0.0487. The first-order valence-corrected chi connectivity index (χ1v) is 7.84. The first-order chi connectivity index (χ1) is 10.4. The van der Waals surface area contributed by atoms with Crippen LogP contribution in [0.15, 0.2) is 18.2 Å². The molecule has 0 aromatic heterocycles. The van der Waals surface area contributed by atoms with E-state index in [0.29, 0.717) is 6.42 Å². The molecule has 0 aliphatic heterocycles. The van der Waals surface area contributed by atoms with E-state index in [9.17, 15) is 18.0 Å². The fourth-order valence-corrected chi connectivity index (χ4v) is 2.88. The first kappa shape index (κ1) is 16.8. The minimum atomic E-state index is -4.35. The molecule has 0 heterocycles. The van der Waals surface area contributed by atoms with Crippen LogP contribution in [0.3, 0.4) is 0 Å². The summed E-state index contributed by atoms with van der Waals surface area (Å²) >= 11 is 0. The highest BCUT2D eigenvalue weighted by atomic mass is 19.4. The fraction of sp³-hybridized carbons (Fsp3) is 0.588. The maximum atomic E-state index is 12.6. The molecule has 0 saturated carbocycles. The second kappa shape index (κ2) is 7.16. The maximum absolute atomic E-state index is 12.6. The van der Waals surface area contributed by atoms with Gasteiger partial charge in [-0.1, -0.05) is 31.5 Å². The number of benzene rings is 1. The summed E-state index contributed by atoms with van der Waals surface area (Å²) in [5, 5.41) is 0. The van der Waals surface area contributed by atoms with Gasteiger partial charge in [-0.25, -0.2) is 0 Å². The Kier molecular flexibility index (Phi) is 5.48. The van der Waals surface area contributed by atoms with E-state index in [1.54, 1.807) is 0 Å². The third kappa shape index (κ3) is 4.75. The highest BCUT2D eigenvalue weighted by Crippen LogP contribution is 2.23. The van der Waals surface area contributed by atoms with Crippen molar-refractivity contribution in [1.29, 1.82) is 0 Å². The third-order valence-corrected chi connectivity index (χ3v) is 4.02. The molecule has 2 rings (SSSR count). The second-order valence-electron chi connectivity index (χ2n) is 5.92. The number of rotatable bonds is 6. The molecule has 5 heteroatoms. The second-order valence-corrected chi connectivity index (χ2v) is 5.92. The SMILES string of the molecule is CCCCN(CC(F)(F)F)C(=O)Cc1ccc2c(c1)CCC2. The number of halogens is 3. The highest BCUT2D eigenvalue weighted by Gasteiger charge is 2.32. The van der Waals surface area contributed by atoms with Crippen LogP contribution < -0.4 is 0 Å². The van der Waals surface area contributed by atoms with Gasteiger partial charge in [0, 0.05) is 6.54 Å². The van der Waals surface area contributed by atoms with Gasteiger partial charge in [0.05, 0.1) is 6.42 Å². The lowest BCUT2D eigenvalue weighted by Crippen LogP contribution is -2.40. The number of aryl methyl sites for hydroxylation is 2. The Morgan fingerprint density at radius 3 is 2.64 bits per heavy atom. The minimum Gasteiger partial charge on any atom is -0.333 e. The van der Waals surface area contributed by atoms with E-state index in [2.05, 4.69) is 0 Å². The van der Waals surface area contributed by atoms with Crippen LogP contribution in [-0.4, -0.2) is 30.1 Å². The Morgan fingerprint density at radius 1 is 1.23 bits per heavy atom. The fourth-order valence-electron chi connectivity index (χ4n) is 2.88. The van der Waals surface area contributed by atoms with E-state index >= 15 is 0 Å². The number of amides is 1. The number of carbonyl (C=O) groups is 1. The zero-order valence-corrected chi connectivity index (χ0v) is 12.9. The van der Waals surface area contributed by atoms with Crippen LogP contribution in [0.25, 0.3) is 0 Å². The number of carbonyl (C=O) groups excluding carboxylic acids is 1. The van der Waals surface area contributed by atoms with Gasteiger partial charge in [0.1, 0.15) is 6.54 Å². The van der Waals surface area contributed by atoms with Gasteiger partial charge >= 0.3 is 6.18 Å². The van der Waals surface area contributed by atoms with Crippen LogP contribution in [0.5, 0.6) is 0 Å². The molecule has 0 bridgehead atoms. The molecule has 22 heavy (non-hydrogen) atoms. The van der Waals surface area contributed by atoms with Gasteiger partial charge < -0.3 is 4.90 Å². The summed E-state index contributed by atoms with van der Waals surface area (Å²) < 4.78 is 37.9. The summed E-state index contributed by atoms with van der Waals surface area (Å²) in [5.74, 6) is -0.441. The molecule has 0 unspecified atom stereocenters. The summed E-state index contributed by atoms with van der Waals surface area (Å²) in [6.07, 6.45) is 0.226. The molecular formula is C17H22F3NO. The van der Waals surface area contributed by atoms with Crippen LogP contribution in [-0.2, 0) is 24.1 Å². The van der Waals surface area contributed by atoms with Gasteiger partial charge in [0.25, 0.3) is 0 Å². The van der Waals surface area contributed by atoms with Gasteiger partial charge in [0.15, 0.2) is 0 Å². The van der Waals surface area contributed by atoms with Crippen molar-refractivity contribution in [1.82, 2.24) is 4.90 Å².